The Kier molecular flexibility index (Phi) is 4.43. The Balaban J connectivity index is 1.89. The quantitative estimate of drug-likeness (QED) is 0.676. The summed E-state index contributed by atoms with van der Waals surface area (Å²) in [5.41, 5.74) is 6.50. The highest BCUT2D eigenvalue weighted by atomic mass is 35.5. The number of rotatable bonds is 3. The molecule has 0 aliphatic carbocycles. The zero-order valence-corrected chi connectivity index (χ0v) is 14.8. The van der Waals surface area contributed by atoms with Gasteiger partial charge in [0.15, 0.2) is 0 Å². The molecular formula is C21H19ClN2O. The molecular weight excluding hydrogens is 332 g/mol. The summed E-state index contributed by atoms with van der Waals surface area (Å²) >= 11 is 6.38. The largest absolute Gasteiger partial charge is 0.377 e. The van der Waals surface area contributed by atoms with Gasteiger partial charge in [0, 0.05) is 11.1 Å². The van der Waals surface area contributed by atoms with Crippen LogP contribution in [0.1, 0.15) is 17.7 Å². The number of H-pyrrole nitrogens is 1. The minimum Gasteiger partial charge on any atom is -0.377 e. The van der Waals surface area contributed by atoms with Crippen molar-refractivity contribution in [1.82, 2.24) is 9.97 Å². The van der Waals surface area contributed by atoms with E-state index in [1.807, 2.05) is 24.3 Å². The smallest absolute Gasteiger partial charge is 0.140 e. The first-order chi connectivity index (χ1) is 12.2. The van der Waals surface area contributed by atoms with Gasteiger partial charge in [-0.15, -0.1) is 0 Å². The SMILES string of the molecule is Cc1cccc(-c2nc(-c3ccccc3Cl)[nH]c2C2=CCOCC2)c1. The number of imidazole rings is 1. The molecule has 126 valence electrons. The summed E-state index contributed by atoms with van der Waals surface area (Å²) in [6.45, 7) is 3.47. The average Bonchev–Trinajstić information content (AvgIpc) is 3.08. The van der Waals surface area contributed by atoms with Crippen molar-refractivity contribution in [3.63, 3.8) is 0 Å². The maximum Gasteiger partial charge on any atom is 0.140 e. The Bertz CT molecular complexity index is 943. The summed E-state index contributed by atoms with van der Waals surface area (Å²) in [6.07, 6.45) is 3.01. The molecule has 2 aromatic carbocycles. The van der Waals surface area contributed by atoms with Crippen molar-refractivity contribution in [2.75, 3.05) is 13.2 Å². The standard InChI is InChI=1S/C21H19ClN2O/c1-14-5-4-6-16(13-14)20-19(15-9-11-25-12-10-15)23-21(24-20)17-7-2-3-8-18(17)22/h2-9,13H,10-12H2,1H3,(H,23,24). The van der Waals surface area contributed by atoms with Gasteiger partial charge in [0.2, 0.25) is 0 Å². The van der Waals surface area contributed by atoms with Gasteiger partial charge in [0.25, 0.3) is 0 Å². The van der Waals surface area contributed by atoms with Crippen molar-refractivity contribution >= 4 is 17.2 Å². The van der Waals surface area contributed by atoms with Crippen LogP contribution in [0.3, 0.4) is 0 Å². The molecule has 0 unspecified atom stereocenters. The van der Waals surface area contributed by atoms with Gasteiger partial charge in [-0.3, -0.25) is 0 Å². The first-order valence-electron chi connectivity index (χ1n) is 8.41. The Morgan fingerprint density at radius 1 is 1.12 bits per heavy atom. The van der Waals surface area contributed by atoms with E-state index in [1.54, 1.807) is 0 Å². The summed E-state index contributed by atoms with van der Waals surface area (Å²) < 4.78 is 5.46. The molecule has 1 aliphatic heterocycles. The van der Waals surface area contributed by atoms with Crippen LogP contribution >= 0.6 is 11.6 Å². The molecule has 0 atom stereocenters. The Labute approximate surface area is 152 Å². The Morgan fingerprint density at radius 2 is 2.00 bits per heavy atom. The third kappa shape index (κ3) is 3.26. The molecule has 4 rings (SSSR count). The van der Waals surface area contributed by atoms with E-state index in [1.165, 1.54) is 11.1 Å². The van der Waals surface area contributed by atoms with Crippen molar-refractivity contribution in [3.8, 4) is 22.6 Å². The minimum atomic E-state index is 0.642. The number of nitrogens with one attached hydrogen (secondary N) is 1. The topological polar surface area (TPSA) is 37.9 Å². The molecule has 0 saturated heterocycles. The fourth-order valence-electron chi connectivity index (χ4n) is 3.14. The summed E-state index contributed by atoms with van der Waals surface area (Å²) in [5.74, 6) is 0.796. The van der Waals surface area contributed by atoms with Gasteiger partial charge >= 0.3 is 0 Å². The molecule has 3 aromatic rings. The van der Waals surface area contributed by atoms with Gasteiger partial charge in [-0.2, -0.15) is 0 Å². The van der Waals surface area contributed by atoms with E-state index in [0.29, 0.717) is 11.6 Å². The van der Waals surface area contributed by atoms with E-state index in [4.69, 9.17) is 21.3 Å². The minimum absolute atomic E-state index is 0.642. The van der Waals surface area contributed by atoms with E-state index < -0.39 is 0 Å². The number of halogens is 1. The summed E-state index contributed by atoms with van der Waals surface area (Å²) in [7, 11) is 0. The maximum absolute atomic E-state index is 6.38. The van der Waals surface area contributed by atoms with Crippen LogP contribution in [0.25, 0.3) is 28.2 Å². The normalized spacial score (nSPS) is 14.4. The highest BCUT2D eigenvalue weighted by Crippen LogP contribution is 2.34. The van der Waals surface area contributed by atoms with Crippen LogP contribution in [0.5, 0.6) is 0 Å². The van der Waals surface area contributed by atoms with Gasteiger partial charge in [0.05, 0.1) is 29.6 Å². The van der Waals surface area contributed by atoms with Crippen LogP contribution in [-0.4, -0.2) is 23.2 Å². The predicted octanol–water partition coefficient (Wildman–Crippen LogP) is 5.51. The van der Waals surface area contributed by atoms with Crippen molar-refractivity contribution in [2.45, 2.75) is 13.3 Å². The fraction of sp³-hybridized carbons (Fsp3) is 0.190. The second-order valence-corrected chi connectivity index (χ2v) is 6.62. The molecule has 1 aromatic heterocycles. The lowest BCUT2D eigenvalue weighted by atomic mass is 10.0. The zero-order chi connectivity index (χ0) is 17.2. The van der Waals surface area contributed by atoms with Crippen LogP contribution in [-0.2, 0) is 4.74 Å². The lowest BCUT2D eigenvalue weighted by Gasteiger charge is -2.13. The number of hydrogen-bond acceptors (Lipinski definition) is 2. The van der Waals surface area contributed by atoms with Crippen LogP contribution < -0.4 is 0 Å². The van der Waals surface area contributed by atoms with Crippen molar-refractivity contribution in [3.05, 3.63) is 70.9 Å². The highest BCUT2D eigenvalue weighted by molar-refractivity contribution is 6.33. The molecule has 25 heavy (non-hydrogen) atoms. The van der Waals surface area contributed by atoms with Gasteiger partial charge in [-0.05, 0) is 37.1 Å². The second-order valence-electron chi connectivity index (χ2n) is 6.21. The van der Waals surface area contributed by atoms with Crippen molar-refractivity contribution < 1.29 is 4.74 Å². The lowest BCUT2D eigenvalue weighted by molar-refractivity contribution is 0.161. The van der Waals surface area contributed by atoms with E-state index in [2.05, 4.69) is 42.2 Å². The van der Waals surface area contributed by atoms with Crippen LogP contribution in [0.2, 0.25) is 5.02 Å². The molecule has 1 aliphatic rings. The van der Waals surface area contributed by atoms with Gasteiger partial charge < -0.3 is 9.72 Å². The number of benzene rings is 2. The first-order valence-corrected chi connectivity index (χ1v) is 8.79. The summed E-state index contributed by atoms with van der Waals surface area (Å²) in [4.78, 5) is 8.41. The molecule has 4 heteroatoms. The molecule has 0 amide bonds. The third-order valence-corrected chi connectivity index (χ3v) is 4.74. The molecule has 0 bridgehead atoms. The predicted molar refractivity (Wildman–Crippen MR) is 103 cm³/mol. The number of aromatic nitrogens is 2. The molecule has 0 fully saturated rings. The van der Waals surface area contributed by atoms with Crippen LogP contribution in [0.15, 0.2) is 54.6 Å². The van der Waals surface area contributed by atoms with Crippen molar-refractivity contribution in [1.29, 1.82) is 0 Å². The van der Waals surface area contributed by atoms with Crippen molar-refractivity contribution in [2.24, 2.45) is 0 Å². The number of aromatic amines is 1. The summed E-state index contributed by atoms with van der Waals surface area (Å²) in [6, 6.07) is 16.2. The molecule has 0 radical (unpaired) electrons. The molecule has 0 spiro atoms. The van der Waals surface area contributed by atoms with E-state index >= 15 is 0 Å². The molecule has 0 saturated carbocycles. The van der Waals surface area contributed by atoms with Gasteiger partial charge in [-0.1, -0.05) is 53.6 Å². The van der Waals surface area contributed by atoms with E-state index in [0.717, 1.165) is 41.4 Å². The number of ether oxygens (including phenoxy) is 1. The number of nitrogens with zero attached hydrogens (tertiary/aromatic N) is 1. The second kappa shape index (κ2) is 6.87. The van der Waals surface area contributed by atoms with Gasteiger partial charge in [0.1, 0.15) is 5.82 Å². The third-order valence-electron chi connectivity index (χ3n) is 4.41. The Hall–Kier alpha value is -2.36. The average molecular weight is 351 g/mol. The monoisotopic (exact) mass is 350 g/mol. The highest BCUT2D eigenvalue weighted by Gasteiger charge is 2.19. The fourth-order valence-corrected chi connectivity index (χ4v) is 3.37. The maximum atomic E-state index is 6.38. The Morgan fingerprint density at radius 3 is 2.76 bits per heavy atom. The molecule has 3 nitrogen and oxygen atoms in total. The van der Waals surface area contributed by atoms with E-state index in [9.17, 15) is 0 Å². The first kappa shape index (κ1) is 16.1. The summed E-state index contributed by atoms with van der Waals surface area (Å²) in [5, 5.41) is 0.694. The zero-order valence-electron chi connectivity index (χ0n) is 14.1. The molecule has 2 heterocycles. The van der Waals surface area contributed by atoms with Crippen LogP contribution in [0, 0.1) is 6.92 Å². The van der Waals surface area contributed by atoms with Crippen LogP contribution in [0.4, 0.5) is 0 Å². The number of aryl methyl sites for hydroxylation is 1. The number of hydrogen-bond donors (Lipinski definition) is 1. The molecule has 1 N–H and O–H groups in total. The lowest BCUT2D eigenvalue weighted by Crippen LogP contribution is -2.04. The van der Waals surface area contributed by atoms with E-state index in [-0.39, 0.29) is 0 Å². The van der Waals surface area contributed by atoms with Gasteiger partial charge in [-0.25, -0.2) is 4.98 Å².